The molecule has 3 rings (SSSR count). The number of nitrogens with zero attached hydrogens (tertiary/aromatic N) is 3. The van der Waals surface area contributed by atoms with Crippen molar-refractivity contribution in [3.63, 3.8) is 0 Å². The number of rotatable bonds is 3. The van der Waals surface area contributed by atoms with Crippen LogP contribution in [0, 0.1) is 13.8 Å². The number of anilines is 1. The van der Waals surface area contributed by atoms with Gasteiger partial charge in [0.2, 0.25) is 0 Å². The maximum atomic E-state index is 12.5. The lowest BCUT2D eigenvalue weighted by atomic mass is 10.2. The summed E-state index contributed by atoms with van der Waals surface area (Å²) in [7, 11) is 0. The summed E-state index contributed by atoms with van der Waals surface area (Å²) in [5.41, 5.74) is 3.21. The van der Waals surface area contributed by atoms with Crippen molar-refractivity contribution in [1.29, 1.82) is 0 Å². The van der Waals surface area contributed by atoms with Crippen LogP contribution in [0.3, 0.4) is 0 Å². The minimum Gasteiger partial charge on any atom is -0.320 e. The van der Waals surface area contributed by atoms with Crippen molar-refractivity contribution in [1.82, 2.24) is 15.0 Å². The maximum absolute atomic E-state index is 12.5. The summed E-state index contributed by atoms with van der Waals surface area (Å²) in [6, 6.07) is 12.8. The number of aryl methyl sites for hydroxylation is 2. The van der Waals surface area contributed by atoms with Crippen molar-refractivity contribution in [3.05, 3.63) is 68.9 Å². The van der Waals surface area contributed by atoms with Crippen molar-refractivity contribution < 1.29 is 4.79 Å². The third-order valence-electron chi connectivity index (χ3n) is 3.47. The highest BCUT2D eigenvalue weighted by molar-refractivity contribution is 9.10. The van der Waals surface area contributed by atoms with Crippen LogP contribution in [-0.4, -0.2) is 20.9 Å². The molecule has 1 N–H and O–H groups in total. The van der Waals surface area contributed by atoms with E-state index in [4.69, 9.17) is 11.6 Å². The third kappa shape index (κ3) is 3.49. The molecule has 0 fully saturated rings. The van der Waals surface area contributed by atoms with Gasteiger partial charge in [-0.1, -0.05) is 33.6 Å². The molecule has 0 saturated heterocycles. The van der Waals surface area contributed by atoms with Crippen molar-refractivity contribution >= 4 is 39.1 Å². The predicted molar refractivity (Wildman–Crippen MR) is 97.9 cm³/mol. The quantitative estimate of drug-likeness (QED) is 0.695. The molecule has 0 unspecified atom stereocenters. The number of halogens is 2. The monoisotopic (exact) mass is 404 g/mol. The van der Waals surface area contributed by atoms with Crippen LogP contribution < -0.4 is 5.32 Å². The van der Waals surface area contributed by atoms with Crippen LogP contribution in [0.1, 0.15) is 21.7 Å². The Hall–Kier alpha value is -2.18. The first-order valence-electron chi connectivity index (χ1n) is 7.21. The summed E-state index contributed by atoms with van der Waals surface area (Å²) in [5, 5.41) is 12.0. The van der Waals surface area contributed by atoms with Gasteiger partial charge in [-0.25, -0.2) is 0 Å². The fraction of sp³-hybridized carbons (Fsp3) is 0.118. The number of carbonyl (C=O) groups is 1. The molecule has 0 aliphatic rings. The van der Waals surface area contributed by atoms with Gasteiger partial charge in [-0.15, -0.1) is 5.10 Å². The molecule has 1 amide bonds. The van der Waals surface area contributed by atoms with E-state index in [1.165, 1.54) is 4.80 Å². The second-order valence-electron chi connectivity index (χ2n) is 5.32. The molecule has 2 aromatic carbocycles. The van der Waals surface area contributed by atoms with E-state index in [0.717, 1.165) is 15.7 Å². The molecule has 0 saturated carbocycles. The fourth-order valence-corrected chi connectivity index (χ4v) is 2.91. The van der Waals surface area contributed by atoms with Gasteiger partial charge in [0.1, 0.15) is 0 Å². The Labute approximate surface area is 152 Å². The molecule has 0 spiro atoms. The molecule has 0 radical (unpaired) electrons. The zero-order chi connectivity index (χ0) is 17.3. The van der Waals surface area contributed by atoms with Gasteiger partial charge in [0, 0.05) is 15.2 Å². The average Bonchev–Trinajstić information content (AvgIpc) is 2.92. The summed E-state index contributed by atoms with van der Waals surface area (Å²) in [6.45, 7) is 3.67. The Morgan fingerprint density at radius 3 is 2.67 bits per heavy atom. The highest BCUT2D eigenvalue weighted by atomic mass is 79.9. The Kier molecular flexibility index (Phi) is 4.69. The molecule has 0 aliphatic heterocycles. The minimum absolute atomic E-state index is 0.275. The van der Waals surface area contributed by atoms with Crippen LogP contribution in [0.2, 0.25) is 5.02 Å². The van der Waals surface area contributed by atoms with E-state index < -0.39 is 0 Å². The van der Waals surface area contributed by atoms with E-state index >= 15 is 0 Å². The Morgan fingerprint density at radius 2 is 1.96 bits per heavy atom. The summed E-state index contributed by atoms with van der Waals surface area (Å²) in [6.07, 6.45) is 0. The molecule has 0 bridgehead atoms. The molecule has 1 heterocycles. The summed E-state index contributed by atoms with van der Waals surface area (Å²) >= 11 is 9.39. The number of amides is 1. The van der Waals surface area contributed by atoms with Crippen LogP contribution >= 0.6 is 27.5 Å². The second kappa shape index (κ2) is 6.75. The lowest BCUT2D eigenvalue weighted by Gasteiger charge is -2.07. The maximum Gasteiger partial charge on any atom is 0.278 e. The lowest BCUT2D eigenvalue weighted by Crippen LogP contribution is -2.15. The number of benzene rings is 2. The first kappa shape index (κ1) is 16.7. The first-order valence-corrected chi connectivity index (χ1v) is 8.38. The molecule has 0 aliphatic carbocycles. The number of aromatic nitrogens is 3. The highest BCUT2D eigenvalue weighted by Gasteiger charge is 2.17. The van der Waals surface area contributed by atoms with E-state index in [9.17, 15) is 4.79 Å². The first-order chi connectivity index (χ1) is 11.4. The van der Waals surface area contributed by atoms with E-state index in [2.05, 4.69) is 31.4 Å². The van der Waals surface area contributed by atoms with Gasteiger partial charge >= 0.3 is 0 Å². The van der Waals surface area contributed by atoms with Gasteiger partial charge in [-0.2, -0.15) is 9.90 Å². The van der Waals surface area contributed by atoms with E-state index in [-0.39, 0.29) is 11.6 Å². The summed E-state index contributed by atoms with van der Waals surface area (Å²) in [4.78, 5) is 13.9. The van der Waals surface area contributed by atoms with Crippen LogP contribution in [0.4, 0.5) is 5.69 Å². The predicted octanol–water partition coefficient (Wildman–Crippen LogP) is 4.55. The Bertz CT molecular complexity index is 923. The van der Waals surface area contributed by atoms with Crippen LogP contribution in [0.15, 0.2) is 46.9 Å². The lowest BCUT2D eigenvalue weighted by molar-refractivity contribution is 0.102. The average molecular weight is 406 g/mol. The Balaban J connectivity index is 1.88. The molecular weight excluding hydrogens is 392 g/mol. The molecule has 5 nitrogen and oxygen atoms in total. The van der Waals surface area contributed by atoms with E-state index in [0.29, 0.717) is 16.4 Å². The molecule has 0 atom stereocenters. The Morgan fingerprint density at radius 1 is 1.17 bits per heavy atom. The zero-order valence-electron chi connectivity index (χ0n) is 13.0. The SMILES string of the molecule is Cc1cc(Br)ccc1NC(=O)c1nn(-c2cccc(Cl)c2)nc1C. The summed E-state index contributed by atoms with van der Waals surface area (Å²) < 4.78 is 0.959. The van der Waals surface area contributed by atoms with E-state index in [1.54, 1.807) is 25.1 Å². The van der Waals surface area contributed by atoms with Gasteiger partial charge in [0.05, 0.1) is 11.4 Å². The number of carbonyl (C=O) groups excluding carboxylic acids is 1. The van der Waals surface area contributed by atoms with Gasteiger partial charge < -0.3 is 5.32 Å². The van der Waals surface area contributed by atoms with Crippen molar-refractivity contribution in [2.24, 2.45) is 0 Å². The van der Waals surface area contributed by atoms with Gasteiger partial charge in [0.25, 0.3) is 5.91 Å². The number of hydrogen-bond acceptors (Lipinski definition) is 3. The largest absolute Gasteiger partial charge is 0.320 e. The molecule has 3 aromatic rings. The van der Waals surface area contributed by atoms with E-state index in [1.807, 2.05) is 31.2 Å². The van der Waals surface area contributed by atoms with Crippen molar-refractivity contribution in [2.45, 2.75) is 13.8 Å². The van der Waals surface area contributed by atoms with Crippen molar-refractivity contribution in [3.8, 4) is 5.69 Å². The molecule has 122 valence electrons. The molecule has 24 heavy (non-hydrogen) atoms. The van der Waals surface area contributed by atoms with Gasteiger partial charge in [0.15, 0.2) is 5.69 Å². The third-order valence-corrected chi connectivity index (χ3v) is 4.20. The topological polar surface area (TPSA) is 59.8 Å². The number of nitrogens with one attached hydrogen (secondary N) is 1. The van der Waals surface area contributed by atoms with Crippen LogP contribution in [-0.2, 0) is 0 Å². The van der Waals surface area contributed by atoms with Gasteiger partial charge in [-0.3, -0.25) is 4.79 Å². The smallest absolute Gasteiger partial charge is 0.278 e. The van der Waals surface area contributed by atoms with Gasteiger partial charge in [-0.05, 0) is 55.8 Å². The standard InChI is InChI=1S/C17H14BrClN4O/c1-10-8-12(18)6-7-15(10)20-17(24)16-11(2)21-23(22-16)14-5-3-4-13(19)9-14/h3-9H,1-2H3,(H,20,24). The normalized spacial score (nSPS) is 10.7. The fourth-order valence-electron chi connectivity index (χ4n) is 2.25. The number of hydrogen-bond donors (Lipinski definition) is 1. The molecule has 1 aromatic heterocycles. The second-order valence-corrected chi connectivity index (χ2v) is 6.67. The van der Waals surface area contributed by atoms with Crippen LogP contribution in [0.5, 0.6) is 0 Å². The summed E-state index contributed by atoms with van der Waals surface area (Å²) in [5.74, 6) is -0.300. The molecule has 7 heteroatoms. The van der Waals surface area contributed by atoms with Crippen molar-refractivity contribution in [2.75, 3.05) is 5.32 Å². The van der Waals surface area contributed by atoms with Crippen LogP contribution in [0.25, 0.3) is 5.69 Å². The zero-order valence-corrected chi connectivity index (χ0v) is 15.4. The molecular formula is C17H14BrClN4O. The highest BCUT2D eigenvalue weighted by Crippen LogP contribution is 2.21. The minimum atomic E-state index is -0.300.